The lowest BCUT2D eigenvalue weighted by Crippen LogP contribution is -2.45. The molecule has 0 aromatic heterocycles. The number of piperidine rings is 1. The predicted molar refractivity (Wildman–Crippen MR) is 101 cm³/mol. The minimum absolute atomic E-state index is 0.0118. The van der Waals surface area contributed by atoms with Crippen molar-refractivity contribution in [3.63, 3.8) is 0 Å². The number of nitrogens with one attached hydrogen (secondary N) is 1. The molecular weight excluding hydrogens is 330 g/mol. The molecule has 1 aromatic rings. The Bertz CT molecular complexity index is 566. The number of hydrogen-bond acceptors (Lipinski definition) is 4. The Morgan fingerprint density at radius 2 is 1.92 bits per heavy atom. The fraction of sp³-hybridized carbons (Fsp3) is 0.650. The number of ether oxygens (including phenoxy) is 1. The molecule has 1 saturated carbocycles. The van der Waals surface area contributed by atoms with E-state index in [4.69, 9.17) is 9.84 Å². The first-order chi connectivity index (χ1) is 12.7. The van der Waals surface area contributed by atoms with Gasteiger partial charge in [0, 0.05) is 25.7 Å². The number of likely N-dealkylation sites (tertiary alicyclic amines) is 1. The van der Waals surface area contributed by atoms with Gasteiger partial charge < -0.3 is 20.1 Å². The highest BCUT2D eigenvalue weighted by Crippen LogP contribution is 2.26. The first kappa shape index (κ1) is 19.0. The Balaban J connectivity index is 1.37. The van der Waals surface area contributed by atoms with Gasteiger partial charge in [-0.1, -0.05) is 12.1 Å². The van der Waals surface area contributed by atoms with E-state index in [1.165, 1.54) is 5.56 Å². The third-order valence-electron chi connectivity index (χ3n) is 5.40. The molecule has 1 saturated heterocycles. The first-order valence-corrected chi connectivity index (χ1v) is 9.70. The van der Waals surface area contributed by atoms with E-state index < -0.39 is 0 Å². The predicted octanol–water partition coefficient (Wildman–Crippen LogP) is 2.07. The zero-order chi connectivity index (χ0) is 18.4. The van der Waals surface area contributed by atoms with Crippen LogP contribution in [0.2, 0.25) is 0 Å². The number of aliphatic hydroxyl groups excluding tert-OH is 1. The van der Waals surface area contributed by atoms with Crippen LogP contribution in [0.15, 0.2) is 24.3 Å². The number of nitrogens with zero attached hydrogens (tertiary/aromatic N) is 2. The van der Waals surface area contributed by atoms with E-state index in [0.717, 1.165) is 57.6 Å². The topological polar surface area (TPSA) is 65.0 Å². The van der Waals surface area contributed by atoms with Crippen LogP contribution in [0.4, 0.5) is 4.79 Å². The zero-order valence-electron chi connectivity index (χ0n) is 15.7. The Morgan fingerprint density at radius 1 is 1.23 bits per heavy atom. The van der Waals surface area contributed by atoms with Crippen LogP contribution in [-0.2, 0) is 6.54 Å². The first-order valence-electron chi connectivity index (χ1n) is 9.70. The second-order valence-electron chi connectivity index (χ2n) is 7.40. The van der Waals surface area contributed by atoms with Crippen molar-refractivity contribution in [1.29, 1.82) is 0 Å². The molecule has 6 heteroatoms. The molecule has 0 atom stereocenters. The van der Waals surface area contributed by atoms with Crippen LogP contribution < -0.4 is 10.1 Å². The summed E-state index contributed by atoms with van der Waals surface area (Å²) in [5.74, 6) is 1.44. The number of carbonyl (C=O) groups excluding carboxylic acids is 1. The summed E-state index contributed by atoms with van der Waals surface area (Å²) in [5.41, 5.74) is 1.31. The van der Waals surface area contributed by atoms with Gasteiger partial charge in [-0.15, -0.1) is 0 Å². The molecule has 2 N–H and O–H groups in total. The van der Waals surface area contributed by atoms with Crippen LogP contribution in [0.5, 0.6) is 5.75 Å². The van der Waals surface area contributed by atoms with E-state index in [-0.39, 0.29) is 12.6 Å². The van der Waals surface area contributed by atoms with Crippen molar-refractivity contribution < 1.29 is 14.6 Å². The molecule has 1 aromatic carbocycles. The van der Waals surface area contributed by atoms with Crippen molar-refractivity contribution in [2.24, 2.45) is 5.92 Å². The molecule has 1 heterocycles. The monoisotopic (exact) mass is 361 g/mol. The summed E-state index contributed by atoms with van der Waals surface area (Å²) < 4.78 is 5.20. The van der Waals surface area contributed by atoms with E-state index >= 15 is 0 Å². The molecule has 1 aliphatic heterocycles. The van der Waals surface area contributed by atoms with E-state index in [1.54, 1.807) is 12.0 Å². The molecule has 144 valence electrons. The number of aliphatic hydroxyl groups is 1. The second kappa shape index (κ2) is 9.24. The molecule has 3 rings (SSSR count). The molecular formula is C20H31N3O3. The van der Waals surface area contributed by atoms with E-state index in [9.17, 15) is 4.79 Å². The fourth-order valence-electron chi connectivity index (χ4n) is 3.61. The zero-order valence-corrected chi connectivity index (χ0v) is 15.7. The quantitative estimate of drug-likeness (QED) is 0.744. The van der Waals surface area contributed by atoms with E-state index in [1.807, 2.05) is 12.1 Å². The maximum Gasteiger partial charge on any atom is 0.317 e. The summed E-state index contributed by atoms with van der Waals surface area (Å²) in [6, 6.07) is 8.60. The second-order valence-corrected chi connectivity index (χ2v) is 7.40. The van der Waals surface area contributed by atoms with Gasteiger partial charge in [0.1, 0.15) is 5.75 Å². The highest BCUT2D eigenvalue weighted by Gasteiger charge is 2.32. The highest BCUT2D eigenvalue weighted by atomic mass is 16.5. The number of benzene rings is 1. The average molecular weight is 361 g/mol. The van der Waals surface area contributed by atoms with Gasteiger partial charge in [-0.25, -0.2) is 4.79 Å². The Hall–Kier alpha value is -1.79. The number of methoxy groups -OCH3 is 1. The van der Waals surface area contributed by atoms with Gasteiger partial charge >= 0.3 is 6.03 Å². The van der Waals surface area contributed by atoms with Crippen LogP contribution in [0.25, 0.3) is 0 Å². The molecule has 0 unspecified atom stereocenters. The number of urea groups is 1. The Labute approximate surface area is 156 Å². The number of rotatable bonds is 8. The SMILES string of the molecule is COc1ccc(CN2CCC(CNC(=O)N(CCO)C3CC3)CC2)cc1. The van der Waals surface area contributed by atoms with Crippen LogP contribution in [0.1, 0.15) is 31.2 Å². The molecule has 1 aliphatic carbocycles. The largest absolute Gasteiger partial charge is 0.497 e. The van der Waals surface area contributed by atoms with Crippen molar-refractivity contribution in [2.45, 2.75) is 38.3 Å². The molecule has 6 nitrogen and oxygen atoms in total. The summed E-state index contributed by atoms with van der Waals surface area (Å²) in [6.45, 7) is 4.31. The maximum atomic E-state index is 12.3. The van der Waals surface area contributed by atoms with Gasteiger partial charge in [0.05, 0.1) is 13.7 Å². The van der Waals surface area contributed by atoms with Crippen molar-refractivity contribution in [3.05, 3.63) is 29.8 Å². The summed E-state index contributed by atoms with van der Waals surface area (Å²) in [6.07, 6.45) is 4.36. The van der Waals surface area contributed by atoms with Gasteiger partial charge in [-0.2, -0.15) is 0 Å². The normalized spacial score (nSPS) is 18.5. The van der Waals surface area contributed by atoms with Gasteiger partial charge in [-0.3, -0.25) is 4.90 Å². The smallest absolute Gasteiger partial charge is 0.317 e. The van der Waals surface area contributed by atoms with Crippen molar-refractivity contribution in [3.8, 4) is 5.75 Å². The van der Waals surface area contributed by atoms with Gasteiger partial charge in [-0.05, 0) is 62.4 Å². The lowest BCUT2D eigenvalue weighted by molar-refractivity contribution is 0.159. The van der Waals surface area contributed by atoms with Crippen molar-refractivity contribution >= 4 is 6.03 Å². The number of carbonyl (C=O) groups is 1. The lowest BCUT2D eigenvalue weighted by atomic mass is 9.96. The molecule has 2 amide bonds. The standard InChI is InChI=1S/C20H31N3O3/c1-26-19-6-2-17(3-7-19)15-22-10-8-16(9-11-22)14-21-20(25)23(12-13-24)18-4-5-18/h2-3,6-7,16,18,24H,4-5,8-15H2,1H3,(H,21,25). The molecule has 0 bridgehead atoms. The minimum atomic E-state index is -0.0118. The van der Waals surface area contributed by atoms with Gasteiger partial charge in [0.15, 0.2) is 0 Å². The average Bonchev–Trinajstić information content (AvgIpc) is 3.51. The summed E-state index contributed by atoms with van der Waals surface area (Å²) in [4.78, 5) is 16.6. The van der Waals surface area contributed by atoms with Crippen LogP contribution in [0, 0.1) is 5.92 Å². The lowest BCUT2D eigenvalue weighted by Gasteiger charge is -2.32. The molecule has 0 spiro atoms. The van der Waals surface area contributed by atoms with E-state index in [2.05, 4.69) is 22.3 Å². The van der Waals surface area contributed by atoms with Crippen LogP contribution in [-0.4, -0.2) is 66.9 Å². The maximum absolute atomic E-state index is 12.3. The summed E-state index contributed by atoms with van der Waals surface area (Å²) >= 11 is 0. The minimum Gasteiger partial charge on any atom is -0.497 e. The molecule has 2 fully saturated rings. The number of hydrogen-bond donors (Lipinski definition) is 2. The van der Waals surface area contributed by atoms with E-state index in [0.29, 0.717) is 18.5 Å². The Morgan fingerprint density at radius 3 is 2.50 bits per heavy atom. The Kier molecular flexibility index (Phi) is 6.74. The summed E-state index contributed by atoms with van der Waals surface area (Å²) in [7, 11) is 1.69. The summed E-state index contributed by atoms with van der Waals surface area (Å²) in [5, 5.41) is 12.2. The molecule has 2 aliphatic rings. The van der Waals surface area contributed by atoms with Crippen LogP contribution in [0.3, 0.4) is 0 Å². The number of amides is 2. The van der Waals surface area contributed by atoms with Crippen molar-refractivity contribution in [1.82, 2.24) is 15.1 Å². The van der Waals surface area contributed by atoms with Crippen LogP contribution >= 0.6 is 0 Å². The highest BCUT2D eigenvalue weighted by molar-refractivity contribution is 5.74. The van der Waals surface area contributed by atoms with Gasteiger partial charge in [0.2, 0.25) is 0 Å². The van der Waals surface area contributed by atoms with Gasteiger partial charge in [0.25, 0.3) is 0 Å². The molecule has 0 radical (unpaired) electrons. The third kappa shape index (κ3) is 5.35. The third-order valence-corrected chi connectivity index (χ3v) is 5.40. The van der Waals surface area contributed by atoms with Crippen molar-refractivity contribution in [2.75, 3.05) is 39.9 Å². The fourth-order valence-corrected chi connectivity index (χ4v) is 3.61. The molecule has 26 heavy (non-hydrogen) atoms.